The predicted octanol–water partition coefficient (Wildman–Crippen LogP) is 3.96. The predicted molar refractivity (Wildman–Crippen MR) is 97.7 cm³/mol. The van der Waals surface area contributed by atoms with Gasteiger partial charge in [0, 0.05) is 0 Å². The highest BCUT2D eigenvalue weighted by Crippen LogP contribution is 2.36. The first-order chi connectivity index (χ1) is 12.1. The Morgan fingerprint density at radius 3 is 2.72 bits per heavy atom. The third-order valence-electron chi connectivity index (χ3n) is 3.82. The summed E-state index contributed by atoms with van der Waals surface area (Å²) in [6.07, 6.45) is 1.72. The fraction of sp³-hybridized carbons (Fsp3) is 0.111. The SMILES string of the molecule is O=C1C(=Cc2ccc(F)cc2)SC(=S)N1Cc1ccc2c(c1)OCO2. The second-order valence-electron chi connectivity index (χ2n) is 5.51. The highest BCUT2D eigenvalue weighted by atomic mass is 32.2. The molecule has 4 rings (SSSR count). The zero-order chi connectivity index (χ0) is 17.4. The van der Waals surface area contributed by atoms with Crippen LogP contribution in [0.1, 0.15) is 11.1 Å². The van der Waals surface area contributed by atoms with Crippen molar-refractivity contribution in [3.05, 3.63) is 64.3 Å². The lowest BCUT2D eigenvalue weighted by Gasteiger charge is -2.14. The van der Waals surface area contributed by atoms with Gasteiger partial charge in [0.1, 0.15) is 10.1 Å². The number of amides is 1. The minimum Gasteiger partial charge on any atom is -0.454 e. The number of hydrogen-bond donors (Lipinski definition) is 0. The van der Waals surface area contributed by atoms with Crippen molar-refractivity contribution in [3.8, 4) is 11.5 Å². The lowest BCUT2D eigenvalue weighted by molar-refractivity contribution is -0.122. The Hall–Kier alpha value is -2.38. The van der Waals surface area contributed by atoms with Crippen LogP contribution in [-0.2, 0) is 11.3 Å². The molecule has 0 aliphatic carbocycles. The summed E-state index contributed by atoms with van der Waals surface area (Å²) in [4.78, 5) is 14.7. The maximum absolute atomic E-state index is 13.0. The number of benzene rings is 2. The Bertz CT molecular complexity index is 896. The van der Waals surface area contributed by atoms with E-state index in [2.05, 4.69) is 0 Å². The van der Waals surface area contributed by atoms with Crippen molar-refractivity contribution in [1.82, 2.24) is 4.90 Å². The van der Waals surface area contributed by atoms with E-state index < -0.39 is 0 Å². The topological polar surface area (TPSA) is 38.8 Å². The van der Waals surface area contributed by atoms with Crippen LogP contribution < -0.4 is 9.47 Å². The van der Waals surface area contributed by atoms with Crippen LogP contribution in [0.3, 0.4) is 0 Å². The second-order valence-corrected chi connectivity index (χ2v) is 7.18. The monoisotopic (exact) mass is 373 g/mol. The summed E-state index contributed by atoms with van der Waals surface area (Å²) in [5.41, 5.74) is 1.66. The molecule has 2 aromatic rings. The summed E-state index contributed by atoms with van der Waals surface area (Å²) >= 11 is 6.59. The molecule has 1 amide bonds. The smallest absolute Gasteiger partial charge is 0.266 e. The van der Waals surface area contributed by atoms with Gasteiger partial charge in [-0.05, 0) is 41.5 Å². The molecule has 0 radical (unpaired) electrons. The lowest BCUT2D eigenvalue weighted by Crippen LogP contribution is -2.27. The summed E-state index contributed by atoms with van der Waals surface area (Å²) in [6.45, 7) is 0.572. The van der Waals surface area contributed by atoms with E-state index >= 15 is 0 Å². The molecular weight excluding hydrogens is 361 g/mol. The highest BCUT2D eigenvalue weighted by molar-refractivity contribution is 8.26. The zero-order valence-corrected chi connectivity index (χ0v) is 14.5. The third kappa shape index (κ3) is 3.25. The maximum Gasteiger partial charge on any atom is 0.266 e. The zero-order valence-electron chi connectivity index (χ0n) is 12.9. The number of fused-ring (bicyclic) bond motifs is 1. The van der Waals surface area contributed by atoms with E-state index in [0.717, 1.165) is 11.1 Å². The molecular formula is C18H12FNO3S2. The van der Waals surface area contributed by atoms with Crippen molar-refractivity contribution in [1.29, 1.82) is 0 Å². The van der Waals surface area contributed by atoms with Gasteiger partial charge in [0.2, 0.25) is 6.79 Å². The van der Waals surface area contributed by atoms with Crippen LogP contribution in [0.2, 0.25) is 0 Å². The minimum absolute atomic E-state index is 0.156. The van der Waals surface area contributed by atoms with Gasteiger partial charge in [-0.15, -0.1) is 0 Å². The van der Waals surface area contributed by atoms with Gasteiger partial charge in [-0.25, -0.2) is 4.39 Å². The first-order valence-corrected chi connectivity index (χ1v) is 8.72. The standard InChI is InChI=1S/C18H12FNO3S2/c19-13-4-1-11(2-5-13)8-16-17(21)20(18(24)25-16)9-12-3-6-14-15(7-12)23-10-22-14/h1-8H,9-10H2. The summed E-state index contributed by atoms with van der Waals surface area (Å²) in [5.74, 6) is 0.902. The molecule has 0 atom stereocenters. The van der Waals surface area contributed by atoms with E-state index in [-0.39, 0.29) is 18.5 Å². The number of ether oxygens (including phenoxy) is 2. The number of rotatable bonds is 3. The molecule has 0 unspecified atom stereocenters. The van der Waals surface area contributed by atoms with Crippen LogP contribution in [0.5, 0.6) is 11.5 Å². The molecule has 1 fully saturated rings. The Morgan fingerprint density at radius 1 is 1.16 bits per heavy atom. The van der Waals surface area contributed by atoms with Gasteiger partial charge >= 0.3 is 0 Å². The molecule has 2 aliphatic rings. The number of thiocarbonyl (C=S) groups is 1. The van der Waals surface area contributed by atoms with Crippen LogP contribution in [0, 0.1) is 5.82 Å². The van der Waals surface area contributed by atoms with E-state index in [1.54, 1.807) is 23.1 Å². The maximum atomic E-state index is 13.0. The van der Waals surface area contributed by atoms with Crippen molar-refractivity contribution < 1.29 is 18.7 Å². The molecule has 0 aromatic heterocycles. The summed E-state index contributed by atoms with van der Waals surface area (Å²) in [5, 5.41) is 0. The fourth-order valence-corrected chi connectivity index (χ4v) is 3.82. The summed E-state index contributed by atoms with van der Waals surface area (Å²) < 4.78 is 24.1. The second kappa shape index (κ2) is 6.50. The number of hydrogen-bond acceptors (Lipinski definition) is 5. The van der Waals surface area contributed by atoms with Crippen LogP contribution in [0.4, 0.5) is 4.39 Å². The van der Waals surface area contributed by atoms with Gasteiger partial charge in [-0.3, -0.25) is 9.69 Å². The molecule has 25 heavy (non-hydrogen) atoms. The number of halogens is 1. The highest BCUT2D eigenvalue weighted by Gasteiger charge is 2.32. The van der Waals surface area contributed by atoms with E-state index in [0.29, 0.717) is 27.3 Å². The average molecular weight is 373 g/mol. The first-order valence-electron chi connectivity index (χ1n) is 7.49. The molecule has 126 valence electrons. The first kappa shape index (κ1) is 16.1. The summed E-state index contributed by atoms with van der Waals surface area (Å²) in [7, 11) is 0. The van der Waals surface area contributed by atoms with Crippen LogP contribution in [0.25, 0.3) is 6.08 Å². The van der Waals surface area contributed by atoms with E-state index in [1.807, 2.05) is 18.2 Å². The molecule has 7 heteroatoms. The molecule has 1 saturated heterocycles. The minimum atomic E-state index is -0.312. The van der Waals surface area contributed by atoms with Gasteiger partial charge in [-0.2, -0.15) is 0 Å². The van der Waals surface area contributed by atoms with Crippen LogP contribution >= 0.6 is 24.0 Å². The van der Waals surface area contributed by atoms with Crippen molar-refractivity contribution in [2.24, 2.45) is 0 Å². The normalized spacial score (nSPS) is 17.6. The van der Waals surface area contributed by atoms with Gasteiger partial charge in [0.25, 0.3) is 5.91 Å². The molecule has 4 nitrogen and oxygen atoms in total. The molecule has 2 aromatic carbocycles. The Kier molecular flexibility index (Phi) is 4.19. The van der Waals surface area contributed by atoms with E-state index in [4.69, 9.17) is 21.7 Å². The van der Waals surface area contributed by atoms with Gasteiger partial charge in [0.15, 0.2) is 11.5 Å². The third-order valence-corrected chi connectivity index (χ3v) is 5.20. The Labute approximate surface area is 153 Å². The fourth-order valence-electron chi connectivity index (χ4n) is 2.57. The molecule has 2 heterocycles. The average Bonchev–Trinajstić information content (AvgIpc) is 3.17. The van der Waals surface area contributed by atoms with Crippen molar-refractivity contribution in [2.75, 3.05) is 6.79 Å². The molecule has 0 saturated carbocycles. The number of carbonyl (C=O) groups is 1. The van der Waals surface area contributed by atoms with E-state index in [1.165, 1.54) is 23.9 Å². The molecule has 0 bridgehead atoms. The van der Waals surface area contributed by atoms with Crippen molar-refractivity contribution in [3.63, 3.8) is 0 Å². The number of carbonyl (C=O) groups excluding carboxylic acids is 1. The summed E-state index contributed by atoms with van der Waals surface area (Å²) in [6, 6.07) is 11.5. The lowest BCUT2D eigenvalue weighted by atomic mass is 10.2. The number of nitrogens with zero attached hydrogens (tertiary/aromatic N) is 1. The van der Waals surface area contributed by atoms with Crippen LogP contribution in [0.15, 0.2) is 47.4 Å². The molecule has 0 spiro atoms. The Morgan fingerprint density at radius 2 is 1.92 bits per heavy atom. The van der Waals surface area contributed by atoms with Crippen molar-refractivity contribution >= 4 is 40.3 Å². The van der Waals surface area contributed by atoms with Gasteiger partial charge in [-0.1, -0.05) is 42.2 Å². The van der Waals surface area contributed by atoms with Gasteiger partial charge < -0.3 is 9.47 Å². The molecule has 2 aliphatic heterocycles. The van der Waals surface area contributed by atoms with Crippen LogP contribution in [-0.4, -0.2) is 21.9 Å². The van der Waals surface area contributed by atoms with Gasteiger partial charge in [0.05, 0.1) is 11.4 Å². The Balaban J connectivity index is 1.54. The van der Waals surface area contributed by atoms with Crippen molar-refractivity contribution in [2.45, 2.75) is 6.54 Å². The quantitative estimate of drug-likeness (QED) is 0.602. The molecule has 0 N–H and O–H groups in total. The number of thioether (sulfide) groups is 1. The van der Waals surface area contributed by atoms with E-state index in [9.17, 15) is 9.18 Å². The largest absolute Gasteiger partial charge is 0.454 e.